The molecule has 10 rings (SSSR count). The molecule has 0 aliphatic heterocycles. The lowest BCUT2D eigenvalue weighted by Crippen LogP contribution is -1.93. The third-order valence-corrected chi connectivity index (χ3v) is 11.5. The maximum Gasteiger partial charge on any atom is 0.0541 e. The number of hydrogen-bond donors (Lipinski definition) is 0. The van der Waals surface area contributed by atoms with Gasteiger partial charge in [0.05, 0.1) is 11.0 Å². The number of nitrogens with zero attached hydrogens (tertiary/aromatic N) is 1. The van der Waals surface area contributed by atoms with Gasteiger partial charge >= 0.3 is 0 Å². The van der Waals surface area contributed by atoms with E-state index in [1.807, 2.05) is 22.7 Å². The second kappa shape index (κ2) is 9.64. The highest BCUT2D eigenvalue weighted by Gasteiger charge is 2.17. The van der Waals surface area contributed by atoms with Crippen LogP contribution < -0.4 is 0 Å². The third kappa shape index (κ3) is 3.78. The smallest absolute Gasteiger partial charge is 0.0541 e. The van der Waals surface area contributed by atoms with Crippen molar-refractivity contribution >= 4 is 84.8 Å². The Hall–Kier alpha value is -5.22. The standard InChI is InChI=1S/C42H25NS2/c1-2-9-26(10-3-1)27-17-20-36-33(23-27)34-24-28(30-13-8-16-41-42(30)32-12-5-7-15-39(32)45-41)18-21-37(34)43(36)29-19-22-40-35(25-29)31-11-4-6-14-38(31)44-40/h1-25H. The molecule has 0 aliphatic carbocycles. The molecule has 0 saturated carbocycles. The lowest BCUT2D eigenvalue weighted by Gasteiger charge is -2.10. The normalized spacial score (nSPS) is 12.0. The first kappa shape index (κ1) is 25.1. The minimum atomic E-state index is 1.19. The van der Waals surface area contributed by atoms with E-state index in [1.165, 1.54) is 90.1 Å². The summed E-state index contributed by atoms with van der Waals surface area (Å²) < 4.78 is 7.78. The van der Waals surface area contributed by atoms with Crippen LogP contribution in [0.1, 0.15) is 0 Å². The number of aromatic nitrogens is 1. The van der Waals surface area contributed by atoms with E-state index in [4.69, 9.17) is 0 Å². The average Bonchev–Trinajstić information content (AvgIpc) is 3.77. The number of fused-ring (bicyclic) bond motifs is 9. The van der Waals surface area contributed by atoms with Gasteiger partial charge in [0.15, 0.2) is 0 Å². The second-order valence-corrected chi connectivity index (χ2v) is 13.9. The van der Waals surface area contributed by atoms with E-state index in [9.17, 15) is 0 Å². The van der Waals surface area contributed by atoms with Crippen LogP contribution in [0.4, 0.5) is 0 Å². The van der Waals surface area contributed by atoms with Crippen molar-refractivity contribution in [3.05, 3.63) is 152 Å². The van der Waals surface area contributed by atoms with Gasteiger partial charge in [0.2, 0.25) is 0 Å². The van der Waals surface area contributed by atoms with E-state index in [0.29, 0.717) is 0 Å². The average molecular weight is 608 g/mol. The first-order valence-electron chi connectivity index (χ1n) is 15.3. The molecule has 0 N–H and O–H groups in total. The summed E-state index contributed by atoms with van der Waals surface area (Å²) in [6.45, 7) is 0. The Balaban J connectivity index is 1.27. The molecule has 3 aromatic heterocycles. The zero-order chi connectivity index (χ0) is 29.5. The van der Waals surface area contributed by atoms with E-state index in [2.05, 4.69) is 156 Å². The summed E-state index contributed by atoms with van der Waals surface area (Å²) in [5, 5.41) is 7.86. The molecule has 0 radical (unpaired) electrons. The Morgan fingerprint density at radius 3 is 1.80 bits per heavy atom. The van der Waals surface area contributed by atoms with Crippen LogP contribution in [0.25, 0.3) is 90.1 Å². The zero-order valence-electron chi connectivity index (χ0n) is 24.2. The summed E-state index contributed by atoms with van der Waals surface area (Å²) in [7, 11) is 0. The highest BCUT2D eigenvalue weighted by Crippen LogP contribution is 2.43. The molecule has 210 valence electrons. The fourth-order valence-corrected chi connectivity index (χ4v) is 9.37. The van der Waals surface area contributed by atoms with Crippen molar-refractivity contribution in [2.75, 3.05) is 0 Å². The second-order valence-electron chi connectivity index (χ2n) is 11.7. The van der Waals surface area contributed by atoms with Gasteiger partial charge in [-0.3, -0.25) is 0 Å². The third-order valence-electron chi connectivity index (χ3n) is 9.20. The van der Waals surface area contributed by atoms with Crippen LogP contribution in [0, 0.1) is 0 Å². The first-order valence-corrected chi connectivity index (χ1v) is 16.9. The number of benzene rings is 7. The minimum Gasteiger partial charge on any atom is -0.309 e. The predicted molar refractivity (Wildman–Crippen MR) is 197 cm³/mol. The Morgan fingerprint density at radius 1 is 0.356 bits per heavy atom. The molecule has 3 heteroatoms. The minimum absolute atomic E-state index is 1.19. The summed E-state index contributed by atoms with van der Waals surface area (Å²) in [5.41, 5.74) is 8.64. The van der Waals surface area contributed by atoms with E-state index < -0.39 is 0 Å². The summed E-state index contributed by atoms with van der Waals surface area (Å²) >= 11 is 3.74. The lowest BCUT2D eigenvalue weighted by atomic mass is 9.97. The highest BCUT2D eigenvalue weighted by molar-refractivity contribution is 7.26. The van der Waals surface area contributed by atoms with Crippen molar-refractivity contribution in [3.8, 4) is 27.9 Å². The molecule has 10 aromatic rings. The SMILES string of the molecule is c1ccc(-c2ccc3c(c2)c2cc(-c4cccc5sc6ccccc6c45)ccc2n3-c2ccc3sc4ccccc4c3c2)cc1. The fraction of sp³-hybridized carbons (Fsp3) is 0. The molecule has 1 nitrogen and oxygen atoms in total. The molecule has 0 aliphatic rings. The molecule has 0 unspecified atom stereocenters. The number of thiophene rings is 2. The predicted octanol–water partition coefficient (Wildman–Crippen LogP) is 12.9. The summed E-state index contributed by atoms with van der Waals surface area (Å²) in [4.78, 5) is 0. The van der Waals surface area contributed by atoms with Crippen molar-refractivity contribution in [1.29, 1.82) is 0 Å². The van der Waals surface area contributed by atoms with Crippen LogP contribution in [-0.4, -0.2) is 4.57 Å². The van der Waals surface area contributed by atoms with Crippen molar-refractivity contribution < 1.29 is 0 Å². The van der Waals surface area contributed by atoms with Crippen LogP contribution in [0.5, 0.6) is 0 Å². The molecular formula is C42H25NS2. The van der Waals surface area contributed by atoms with Gasteiger partial charge in [0, 0.05) is 56.8 Å². The largest absolute Gasteiger partial charge is 0.309 e. The number of hydrogen-bond acceptors (Lipinski definition) is 2. The van der Waals surface area contributed by atoms with E-state index in [1.54, 1.807) is 0 Å². The summed E-state index contributed by atoms with van der Waals surface area (Å²) in [6.07, 6.45) is 0. The van der Waals surface area contributed by atoms with E-state index in [0.717, 1.165) is 0 Å². The molecular weight excluding hydrogens is 583 g/mol. The van der Waals surface area contributed by atoms with Crippen LogP contribution in [0.15, 0.2) is 152 Å². The van der Waals surface area contributed by atoms with Gasteiger partial charge in [0.25, 0.3) is 0 Å². The van der Waals surface area contributed by atoms with Crippen LogP contribution >= 0.6 is 22.7 Å². The van der Waals surface area contributed by atoms with Crippen LogP contribution in [0.3, 0.4) is 0 Å². The van der Waals surface area contributed by atoms with Gasteiger partial charge in [-0.1, -0.05) is 91.0 Å². The topological polar surface area (TPSA) is 4.93 Å². The molecule has 45 heavy (non-hydrogen) atoms. The summed E-state index contributed by atoms with van der Waals surface area (Å²) in [5.74, 6) is 0. The van der Waals surface area contributed by atoms with Crippen LogP contribution in [0.2, 0.25) is 0 Å². The van der Waals surface area contributed by atoms with Gasteiger partial charge < -0.3 is 4.57 Å². The Morgan fingerprint density at radius 2 is 0.978 bits per heavy atom. The quantitative estimate of drug-likeness (QED) is 0.188. The van der Waals surface area contributed by atoms with Gasteiger partial charge in [0.1, 0.15) is 0 Å². The van der Waals surface area contributed by atoms with Crippen molar-refractivity contribution in [2.24, 2.45) is 0 Å². The Labute approximate surface area is 267 Å². The molecule has 0 spiro atoms. The molecule has 0 fully saturated rings. The Bertz CT molecular complexity index is 2760. The van der Waals surface area contributed by atoms with Gasteiger partial charge in [-0.05, 0) is 82.9 Å². The molecule has 0 saturated heterocycles. The highest BCUT2D eigenvalue weighted by atomic mass is 32.1. The fourth-order valence-electron chi connectivity index (χ4n) is 7.15. The van der Waals surface area contributed by atoms with Gasteiger partial charge in [-0.2, -0.15) is 0 Å². The van der Waals surface area contributed by atoms with Gasteiger partial charge in [-0.15, -0.1) is 22.7 Å². The molecule has 0 atom stereocenters. The number of rotatable bonds is 3. The maximum absolute atomic E-state index is 2.45. The Kier molecular flexibility index (Phi) is 5.39. The van der Waals surface area contributed by atoms with E-state index >= 15 is 0 Å². The first-order chi connectivity index (χ1) is 22.3. The summed E-state index contributed by atoms with van der Waals surface area (Å²) in [6, 6.07) is 56.0. The monoisotopic (exact) mass is 607 g/mol. The molecule has 7 aromatic carbocycles. The van der Waals surface area contributed by atoms with Crippen molar-refractivity contribution in [3.63, 3.8) is 0 Å². The van der Waals surface area contributed by atoms with Crippen molar-refractivity contribution in [1.82, 2.24) is 4.57 Å². The van der Waals surface area contributed by atoms with E-state index in [-0.39, 0.29) is 0 Å². The van der Waals surface area contributed by atoms with Gasteiger partial charge in [-0.25, -0.2) is 0 Å². The van der Waals surface area contributed by atoms with Crippen molar-refractivity contribution in [2.45, 2.75) is 0 Å². The zero-order valence-corrected chi connectivity index (χ0v) is 25.8. The lowest BCUT2D eigenvalue weighted by molar-refractivity contribution is 1.19. The molecule has 3 heterocycles. The molecule has 0 amide bonds. The van der Waals surface area contributed by atoms with Crippen LogP contribution in [-0.2, 0) is 0 Å². The maximum atomic E-state index is 2.45. The molecule has 0 bridgehead atoms.